The number of benzene rings is 1. The average molecular weight is 476 g/mol. The summed E-state index contributed by atoms with van der Waals surface area (Å²) in [5.41, 5.74) is 0.800. The van der Waals surface area contributed by atoms with Crippen molar-refractivity contribution in [2.75, 3.05) is 13.2 Å². The fraction of sp³-hybridized carbons (Fsp3) is 0.429. The number of imidazole rings is 1. The van der Waals surface area contributed by atoms with Crippen LogP contribution in [0, 0.1) is 6.92 Å². The zero-order valence-corrected chi connectivity index (χ0v) is 19.4. The highest BCUT2D eigenvalue weighted by Gasteiger charge is 2.32. The smallest absolute Gasteiger partial charge is 0.324 e. The van der Waals surface area contributed by atoms with E-state index in [0.29, 0.717) is 41.4 Å². The van der Waals surface area contributed by atoms with E-state index in [4.69, 9.17) is 9.47 Å². The summed E-state index contributed by atoms with van der Waals surface area (Å²) in [5, 5.41) is 4.56. The summed E-state index contributed by atoms with van der Waals surface area (Å²) in [6.07, 6.45) is 1.70. The van der Waals surface area contributed by atoms with Crippen molar-refractivity contribution in [3.05, 3.63) is 40.1 Å². The molecule has 0 radical (unpaired) electrons. The Balaban J connectivity index is 1.84. The number of H-pyrrole nitrogens is 1. The van der Waals surface area contributed by atoms with Gasteiger partial charge in [-0.1, -0.05) is 6.92 Å². The monoisotopic (exact) mass is 475 g/mol. The SMILES string of the molecule is CCCc1nc(C)c2c(=O)[nH]c(-c3cc(S(=O)(=O)NC4CCOC4=O)ccc3OCC)nn12. The van der Waals surface area contributed by atoms with Crippen molar-refractivity contribution in [1.82, 2.24) is 24.3 Å². The highest BCUT2D eigenvalue weighted by molar-refractivity contribution is 7.89. The molecule has 1 saturated heterocycles. The topological polar surface area (TPSA) is 145 Å². The molecule has 3 aromatic rings. The number of aryl methyl sites for hydroxylation is 2. The zero-order chi connectivity index (χ0) is 23.8. The van der Waals surface area contributed by atoms with E-state index in [1.165, 1.54) is 22.7 Å². The molecule has 11 nitrogen and oxygen atoms in total. The molecule has 1 unspecified atom stereocenters. The maximum Gasteiger partial charge on any atom is 0.324 e. The van der Waals surface area contributed by atoms with Crippen molar-refractivity contribution in [2.24, 2.45) is 0 Å². The molecule has 1 atom stereocenters. The maximum atomic E-state index is 12.9. The van der Waals surface area contributed by atoms with Crippen LogP contribution in [-0.2, 0) is 26.0 Å². The van der Waals surface area contributed by atoms with Gasteiger partial charge in [-0.2, -0.15) is 4.72 Å². The lowest BCUT2D eigenvalue weighted by molar-refractivity contribution is -0.139. The van der Waals surface area contributed by atoms with E-state index in [-0.39, 0.29) is 23.7 Å². The van der Waals surface area contributed by atoms with Gasteiger partial charge < -0.3 is 14.5 Å². The average Bonchev–Trinajstić information content (AvgIpc) is 3.31. The molecule has 0 bridgehead atoms. The molecule has 1 fully saturated rings. The fourth-order valence-electron chi connectivity index (χ4n) is 3.74. The molecule has 176 valence electrons. The number of nitrogens with one attached hydrogen (secondary N) is 2. The van der Waals surface area contributed by atoms with Crippen molar-refractivity contribution in [2.45, 2.75) is 51.0 Å². The summed E-state index contributed by atoms with van der Waals surface area (Å²) in [6.45, 7) is 6.02. The molecule has 12 heteroatoms. The van der Waals surface area contributed by atoms with Gasteiger partial charge in [0, 0.05) is 12.8 Å². The Morgan fingerprint density at radius 1 is 1.30 bits per heavy atom. The summed E-state index contributed by atoms with van der Waals surface area (Å²) in [5.74, 6) is 0.525. The van der Waals surface area contributed by atoms with Crippen LogP contribution >= 0.6 is 0 Å². The Hall–Kier alpha value is -3.25. The van der Waals surface area contributed by atoms with E-state index in [2.05, 4.69) is 19.8 Å². The molecule has 0 spiro atoms. The second kappa shape index (κ2) is 8.94. The standard InChI is InChI=1S/C21H25N5O6S/c1-4-6-17-22-12(3)18-20(27)23-19(24-26(17)18)14-11-13(7-8-16(14)31-5-2)33(29,30)25-15-9-10-32-21(15)28/h7-8,11,15,25H,4-6,9-10H2,1-3H3,(H,23,24,27). The van der Waals surface area contributed by atoms with Gasteiger partial charge >= 0.3 is 5.97 Å². The number of ether oxygens (including phenoxy) is 2. The number of carbonyl (C=O) groups excluding carboxylic acids is 1. The number of fused-ring (bicyclic) bond motifs is 1. The minimum atomic E-state index is -4.05. The van der Waals surface area contributed by atoms with Crippen molar-refractivity contribution in [3.8, 4) is 17.1 Å². The number of rotatable bonds is 8. The van der Waals surface area contributed by atoms with Gasteiger partial charge in [0.1, 0.15) is 17.6 Å². The van der Waals surface area contributed by atoms with Crippen LogP contribution in [0.5, 0.6) is 5.75 Å². The Bertz CT molecular complexity index is 1380. The van der Waals surface area contributed by atoms with E-state index in [1.54, 1.807) is 13.8 Å². The first-order valence-electron chi connectivity index (χ1n) is 10.7. The number of hydrogen-bond donors (Lipinski definition) is 2. The van der Waals surface area contributed by atoms with Crippen molar-refractivity contribution in [1.29, 1.82) is 0 Å². The molecular weight excluding hydrogens is 450 g/mol. The number of carbonyl (C=O) groups is 1. The van der Waals surface area contributed by atoms with E-state index in [9.17, 15) is 18.0 Å². The Kier molecular flexibility index (Phi) is 6.21. The van der Waals surface area contributed by atoms with Crippen molar-refractivity contribution in [3.63, 3.8) is 0 Å². The molecule has 0 aliphatic carbocycles. The molecule has 2 aromatic heterocycles. The molecule has 2 N–H and O–H groups in total. The largest absolute Gasteiger partial charge is 0.493 e. The van der Waals surface area contributed by atoms with Crippen LogP contribution in [0.2, 0.25) is 0 Å². The Morgan fingerprint density at radius 3 is 2.76 bits per heavy atom. The lowest BCUT2D eigenvalue weighted by Gasteiger charge is -2.14. The molecule has 1 aromatic carbocycles. The summed E-state index contributed by atoms with van der Waals surface area (Å²) >= 11 is 0. The third kappa shape index (κ3) is 4.35. The van der Waals surface area contributed by atoms with Gasteiger partial charge in [-0.3, -0.25) is 9.59 Å². The number of esters is 1. The molecule has 0 saturated carbocycles. The van der Waals surface area contributed by atoms with Crippen LogP contribution in [-0.4, -0.2) is 53.2 Å². The lowest BCUT2D eigenvalue weighted by atomic mass is 10.2. The molecular formula is C21H25N5O6S. The first-order chi connectivity index (χ1) is 15.7. The third-order valence-corrected chi connectivity index (χ3v) is 6.73. The number of aromatic amines is 1. The molecule has 3 heterocycles. The summed E-state index contributed by atoms with van der Waals surface area (Å²) < 4.78 is 40.3. The fourth-order valence-corrected chi connectivity index (χ4v) is 4.99. The first-order valence-corrected chi connectivity index (χ1v) is 12.2. The van der Waals surface area contributed by atoms with E-state index in [1.807, 2.05) is 6.92 Å². The van der Waals surface area contributed by atoms with Gasteiger partial charge in [0.15, 0.2) is 11.3 Å². The van der Waals surface area contributed by atoms with Gasteiger partial charge in [-0.15, -0.1) is 5.10 Å². The molecule has 1 aliphatic rings. The van der Waals surface area contributed by atoms with Crippen molar-refractivity contribution >= 4 is 21.5 Å². The first kappa shape index (κ1) is 22.9. The van der Waals surface area contributed by atoms with Crippen LogP contribution in [0.25, 0.3) is 16.9 Å². The zero-order valence-electron chi connectivity index (χ0n) is 18.5. The number of hydrogen-bond acceptors (Lipinski definition) is 8. The Labute approximate surface area is 190 Å². The van der Waals surface area contributed by atoms with Crippen LogP contribution < -0.4 is 15.0 Å². The predicted octanol–water partition coefficient (Wildman–Crippen LogP) is 1.34. The van der Waals surface area contributed by atoms with E-state index < -0.39 is 27.6 Å². The number of sulfonamides is 1. The minimum absolute atomic E-state index is 0.0982. The summed E-state index contributed by atoms with van der Waals surface area (Å²) in [4.78, 5) is 31.7. The second-order valence-corrected chi connectivity index (χ2v) is 9.36. The quantitative estimate of drug-likeness (QED) is 0.464. The Morgan fingerprint density at radius 2 is 2.09 bits per heavy atom. The molecule has 1 aliphatic heterocycles. The molecule has 0 amide bonds. The third-order valence-electron chi connectivity index (χ3n) is 5.27. The van der Waals surface area contributed by atoms with Gasteiger partial charge in [-0.25, -0.2) is 17.9 Å². The van der Waals surface area contributed by atoms with Gasteiger partial charge in [0.2, 0.25) is 10.0 Å². The highest BCUT2D eigenvalue weighted by atomic mass is 32.2. The van der Waals surface area contributed by atoms with Gasteiger partial charge in [0.25, 0.3) is 5.56 Å². The lowest BCUT2D eigenvalue weighted by Crippen LogP contribution is -2.37. The number of nitrogens with zero attached hydrogens (tertiary/aromatic N) is 3. The second-order valence-electron chi connectivity index (χ2n) is 7.65. The summed E-state index contributed by atoms with van der Waals surface area (Å²) in [7, 11) is -4.05. The maximum absolute atomic E-state index is 12.9. The van der Waals surface area contributed by atoms with E-state index >= 15 is 0 Å². The van der Waals surface area contributed by atoms with Crippen LogP contribution in [0.4, 0.5) is 0 Å². The van der Waals surface area contributed by atoms with Crippen LogP contribution in [0.15, 0.2) is 27.9 Å². The molecule has 4 rings (SSSR count). The highest BCUT2D eigenvalue weighted by Crippen LogP contribution is 2.30. The van der Waals surface area contributed by atoms with Crippen LogP contribution in [0.3, 0.4) is 0 Å². The van der Waals surface area contributed by atoms with Gasteiger partial charge in [-0.05, 0) is 38.5 Å². The number of aromatic nitrogens is 4. The number of cyclic esters (lactones) is 1. The van der Waals surface area contributed by atoms with E-state index in [0.717, 1.165) is 6.42 Å². The predicted molar refractivity (Wildman–Crippen MR) is 119 cm³/mol. The van der Waals surface area contributed by atoms with Gasteiger partial charge in [0.05, 0.1) is 29.4 Å². The van der Waals surface area contributed by atoms with Crippen LogP contribution in [0.1, 0.15) is 38.2 Å². The summed E-state index contributed by atoms with van der Waals surface area (Å²) in [6, 6.07) is 3.29. The molecule has 33 heavy (non-hydrogen) atoms. The normalized spacial score (nSPS) is 16.3. The minimum Gasteiger partial charge on any atom is -0.493 e. The van der Waals surface area contributed by atoms with Crippen molar-refractivity contribution < 1.29 is 22.7 Å².